The van der Waals surface area contributed by atoms with Crippen LogP contribution in [0.4, 0.5) is 0 Å². The molecule has 1 amide bonds. The summed E-state index contributed by atoms with van der Waals surface area (Å²) in [5.74, 6) is 1.55. The number of para-hydroxylation sites is 1. The fraction of sp³-hybridized carbons (Fsp3) is 0.258. The lowest BCUT2D eigenvalue weighted by Gasteiger charge is -2.12. The van der Waals surface area contributed by atoms with Crippen LogP contribution in [-0.4, -0.2) is 35.1 Å². The first kappa shape index (κ1) is 26.7. The van der Waals surface area contributed by atoms with Crippen molar-refractivity contribution in [2.75, 3.05) is 13.2 Å². The summed E-state index contributed by atoms with van der Waals surface area (Å²) < 4.78 is 13.3. The Kier molecular flexibility index (Phi) is 8.93. The molecule has 1 aromatic heterocycles. The number of ether oxygens (including phenoxy) is 2. The highest BCUT2D eigenvalue weighted by molar-refractivity contribution is 5.89. The molecule has 4 aromatic rings. The van der Waals surface area contributed by atoms with Crippen LogP contribution < -0.4 is 14.9 Å². The second kappa shape index (κ2) is 12.7. The molecule has 0 aliphatic rings. The molecule has 196 valence electrons. The average Bonchev–Trinajstić information content (AvgIpc) is 3.36. The van der Waals surface area contributed by atoms with Crippen LogP contribution in [0.5, 0.6) is 11.5 Å². The van der Waals surface area contributed by atoms with E-state index in [1.54, 1.807) is 10.9 Å². The van der Waals surface area contributed by atoms with Crippen LogP contribution in [0.2, 0.25) is 0 Å². The van der Waals surface area contributed by atoms with E-state index in [1.807, 2.05) is 79.9 Å². The Hall–Kier alpha value is -4.39. The lowest BCUT2D eigenvalue weighted by molar-refractivity contribution is -0.123. The number of rotatable bonds is 11. The number of carbonyl (C=O) groups is 1. The maximum atomic E-state index is 12.5. The normalized spacial score (nSPS) is 11.2. The third-order valence-corrected chi connectivity index (χ3v) is 5.99. The summed E-state index contributed by atoms with van der Waals surface area (Å²) in [5.41, 5.74) is 8.06. The molecule has 4 rings (SSSR count). The Balaban J connectivity index is 1.48. The first-order chi connectivity index (χ1) is 18.4. The molecule has 0 bridgehead atoms. The summed E-state index contributed by atoms with van der Waals surface area (Å²) in [5, 5.41) is 8.99. The van der Waals surface area contributed by atoms with Crippen molar-refractivity contribution >= 4 is 12.1 Å². The molecule has 1 heterocycles. The van der Waals surface area contributed by atoms with Gasteiger partial charge in [0.25, 0.3) is 5.91 Å². The minimum Gasteiger partial charge on any atom is -0.494 e. The Labute approximate surface area is 224 Å². The molecule has 7 heteroatoms. The molecule has 0 saturated heterocycles. The number of amides is 1. The third-order valence-electron chi connectivity index (χ3n) is 5.99. The summed E-state index contributed by atoms with van der Waals surface area (Å²) in [6.45, 7) is 8.83. The van der Waals surface area contributed by atoms with Gasteiger partial charge >= 0.3 is 0 Å². The zero-order chi connectivity index (χ0) is 26.9. The zero-order valence-corrected chi connectivity index (χ0v) is 22.3. The molecule has 0 aliphatic carbocycles. The molecule has 0 unspecified atom stereocenters. The van der Waals surface area contributed by atoms with Crippen LogP contribution in [0.1, 0.15) is 49.8 Å². The van der Waals surface area contributed by atoms with Crippen molar-refractivity contribution in [3.63, 3.8) is 0 Å². The molecule has 38 heavy (non-hydrogen) atoms. The number of aromatic nitrogens is 2. The van der Waals surface area contributed by atoms with E-state index in [2.05, 4.69) is 37.4 Å². The SMILES string of the molecule is CCCOc1ccc(-c2nn(-c3ccccc3)cc2/C=N\NC(=O)COc2cc(C(C)C)ccc2C)cc1. The molecule has 0 saturated carbocycles. The van der Waals surface area contributed by atoms with E-state index in [0.717, 1.165) is 45.8 Å². The summed E-state index contributed by atoms with van der Waals surface area (Å²) in [6.07, 6.45) is 4.44. The van der Waals surface area contributed by atoms with Crippen molar-refractivity contribution in [1.29, 1.82) is 0 Å². The van der Waals surface area contributed by atoms with E-state index in [-0.39, 0.29) is 12.5 Å². The molecule has 3 aromatic carbocycles. The van der Waals surface area contributed by atoms with Gasteiger partial charge in [-0.15, -0.1) is 0 Å². The summed E-state index contributed by atoms with van der Waals surface area (Å²) in [7, 11) is 0. The van der Waals surface area contributed by atoms with Crippen molar-refractivity contribution in [2.45, 2.75) is 40.0 Å². The van der Waals surface area contributed by atoms with Gasteiger partial charge < -0.3 is 9.47 Å². The molecule has 0 radical (unpaired) electrons. The van der Waals surface area contributed by atoms with Gasteiger partial charge in [0.05, 0.1) is 18.5 Å². The molecular weight excluding hydrogens is 476 g/mol. The lowest BCUT2D eigenvalue weighted by atomic mass is 10.0. The van der Waals surface area contributed by atoms with Gasteiger partial charge in [-0.25, -0.2) is 10.1 Å². The van der Waals surface area contributed by atoms with Gasteiger partial charge in [-0.3, -0.25) is 4.79 Å². The number of carbonyl (C=O) groups excluding carboxylic acids is 1. The first-order valence-electron chi connectivity index (χ1n) is 12.9. The monoisotopic (exact) mass is 510 g/mol. The van der Waals surface area contributed by atoms with Crippen LogP contribution in [0.3, 0.4) is 0 Å². The predicted octanol–water partition coefficient (Wildman–Crippen LogP) is 6.29. The van der Waals surface area contributed by atoms with Gasteiger partial charge in [0.15, 0.2) is 6.61 Å². The van der Waals surface area contributed by atoms with Crippen molar-refractivity contribution < 1.29 is 14.3 Å². The Bertz CT molecular complexity index is 1380. The van der Waals surface area contributed by atoms with Crippen molar-refractivity contribution in [1.82, 2.24) is 15.2 Å². The molecule has 0 aliphatic heterocycles. The van der Waals surface area contributed by atoms with E-state index in [1.165, 1.54) is 0 Å². The van der Waals surface area contributed by atoms with E-state index in [9.17, 15) is 4.79 Å². The Morgan fingerprint density at radius 1 is 1.05 bits per heavy atom. The van der Waals surface area contributed by atoms with Crippen LogP contribution in [0, 0.1) is 6.92 Å². The first-order valence-corrected chi connectivity index (χ1v) is 12.9. The zero-order valence-electron chi connectivity index (χ0n) is 22.3. The van der Waals surface area contributed by atoms with E-state index >= 15 is 0 Å². The number of hydrogen-bond acceptors (Lipinski definition) is 5. The number of hydrogen-bond donors (Lipinski definition) is 1. The molecule has 7 nitrogen and oxygen atoms in total. The third kappa shape index (κ3) is 6.88. The van der Waals surface area contributed by atoms with Gasteiger partial charge in [0, 0.05) is 17.3 Å². The highest BCUT2D eigenvalue weighted by Gasteiger charge is 2.12. The van der Waals surface area contributed by atoms with Gasteiger partial charge in [-0.1, -0.05) is 51.1 Å². The molecule has 0 spiro atoms. The fourth-order valence-corrected chi connectivity index (χ4v) is 3.83. The largest absolute Gasteiger partial charge is 0.494 e. The molecular formula is C31H34N4O3. The van der Waals surface area contributed by atoms with Gasteiger partial charge in [-0.2, -0.15) is 10.2 Å². The number of nitrogens with zero attached hydrogens (tertiary/aromatic N) is 3. The fourth-order valence-electron chi connectivity index (χ4n) is 3.83. The molecule has 0 fully saturated rings. The minimum absolute atomic E-state index is 0.130. The maximum absolute atomic E-state index is 12.5. The quantitative estimate of drug-likeness (QED) is 0.190. The maximum Gasteiger partial charge on any atom is 0.277 e. The van der Waals surface area contributed by atoms with Crippen LogP contribution in [0.25, 0.3) is 16.9 Å². The molecule has 1 N–H and O–H groups in total. The standard InChI is InChI=1S/C31H34N4O3/c1-5-17-37-28-15-13-24(14-16-28)31-26(20-35(34-31)27-9-7-6-8-10-27)19-32-33-30(36)21-38-29-18-25(22(2)3)12-11-23(29)4/h6-16,18-20,22H,5,17,21H2,1-4H3,(H,33,36)/b32-19-. The van der Waals surface area contributed by atoms with E-state index in [0.29, 0.717) is 18.3 Å². The van der Waals surface area contributed by atoms with Gasteiger partial charge in [0.1, 0.15) is 17.2 Å². The van der Waals surface area contributed by atoms with Crippen LogP contribution in [0.15, 0.2) is 84.1 Å². The van der Waals surface area contributed by atoms with Crippen molar-refractivity contribution in [3.8, 4) is 28.4 Å². The molecule has 0 atom stereocenters. The summed E-state index contributed by atoms with van der Waals surface area (Å²) in [6, 6.07) is 23.7. The lowest BCUT2D eigenvalue weighted by Crippen LogP contribution is -2.24. The van der Waals surface area contributed by atoms with E-state index < -0.39 is 0 Å². The minimum atomic E-state index is -0.343. The number of hydrazone groups is 1. The highest BCUT2D eigenvalue weighted by Crippen LogP contribution is 2.26. The second-order valence-corrected chi connectivity index (χ2v) is 9.35. The van der Waals surface area contributed by atoms with Crippen LogP contribution >= 0.6 is 0 Å². The summed E-state index contributed by atoms with van der Waals surface area (Å²) in [4.78, 5) is 12.5. The average molecular weight is 511 g/mol. The van der Waals surface area contributed by atoms with Gasteiger partial charge in [0.2, 0.25) is 0 Å². The Morgan fingerprint density at radius 3 is 2.53 bits per heavy atom. The number of nitrogens with one attached hydrogen (secondary N) is 1. The Morgan fingerprint density at radius 2 is 1.82 bits per heavy atom. The predicted molar refractivity (Wildman–Crippen MR) is 151 cm³/mol. The number of benzene rings is 3. The number of aryl methyl sites for hydroxylation is 1. The van der Waals surface area contributed by atoms with E-state index in [4.69, 9.17) is 14.6 Å². The highest BCUT2D eigenvalue weighted by atomic mass is 16.5. The smallest absolute Gasteiger partial charge is 0.277 e. The van der Waals surface area contributed by atoms with Crippen LogP contribution in [-0.2, 0) is 4.79 Å². The van der Waals surface area contributed by atoms with Gasteiger partial charge in [-0.05, 0) is 72.9 Å². The van der Waals surface area contributed by atoms with Crippen molar-refractivity contribution in [2.24, 2.45) is 5.10 Å². The summed E-state index contributed by atoms with van der Waals surface area (Å²) >= 11 is 0. The topological polar surface area (TPSA) is 77.7 Å². The van der Waals surface area contributed by atoms with Crippen molar-refractivity contribution in [3.05, 3.63) is 95.7 Å². The second-order valence-electron chi connectivity index (χ2n) is 9.35.